The molecule has 3 heterocycles. The van der Waals surface area contributed by atoms with Crippen LogP contribution in [0.2, 0.25) is 0 Å². The predicted molar refractivity (Wildman–Crippen MR) is 114 cm³/mol. The molecule has 0 aromatic heterocycles. The van der Waals surface area contributed by atoms with Crippen molar-refractivity contribution in [2.24, 2.45) is 11.8 Å². The molecule has 0 saturated carbocycles. The molecular formula is C23H41N3O. The Morgan fingerprint density at radius 3 is 2.59 bits per heavy atom. The van der Waals surface area contributed by atoms with Gasteiger partial charge in [-0.2, -0.15) is 0 Å². The summed E-state index contributed by atoms with van der Waals surface area (Å²) in [5, 5.41) is 0. The minimum Gasteiger partial charge on any atom is -0.379 e. The summed E-state index contributed by atoms with van der Waals surface area (Å²) in [7, 11) is 0. The fourth-order valence-electron chi connectivity index (χ4n) is 4.70. The Labute approximate surface area is 167 Å². The predicted octanol–water partition coefficient (Wildman–Crippen LogP) is 3.61. The lowest BCUT2D eigenvalue weighted by Crippen LogP contribution is -2.56. The number of rotatable bonds is 6. The Bertz CT molecular complexity index is 522. The molecule has 3 saturated heterocycles. The quantitative estimate of drug-likeness (QED) is 0.660. The molecule has 4 heteroatoms. The number of fused-ring (bicyclic) bond motifs is 1. The molecule has 3 rings (SSSR count). The zero-order valence-corrected chi connectivity index (χ0v) is 18.1. The smallest absolute Gasteiger partial charge is 0.0594 e. The van der Waals surface area contributed by atoms with Crippen molar-refractivity contribution in [2.45, 2.75) is 53.0 Å². The SMILES string of the molecule is CCC=C(/C=C(/C)C(C)C)N1CCN2CCC(CN3CCOCC3)CC2C1. The molecule has 0 aromatic carbocycles. The standard InChI is InChI=1S/C23H41N3O/c1-5-6-22(15-20(4)19(2)3)26-10-9-25-8-7-21(16-23(25)18-26)17-24-11-13-27-14-12-24/h6,15,19,21,23H,5,7-14,16-18H2,1-4H3/b20-15-,22-6?. The molecule has 4 nitrogen and oxygen atoms in total. The van der Waals surface area contributed by atoms with E-state index in [1.165, 1.54) is 56.8 Å². The lowest BCUT2D eigenvalue weighted by molar-refractivity contribution is 0.00638. The maximum atomic E-state index is 5.52. The molecule has 0 aromatic rings. The minimum atomic E-state index is 0.624. The van der Waals surface area contributed by atoms with E-state index < -0.39 is 0 Å². The van der Waals surface area contributed by atoms with Gasteiger partial charge < -0.3 is 9.64 Å². The highest BCUT2D eigenvalue weighted by Crippen LogP contribution is 2.29. The number of piperazine rings is 1. The fraction of sp³-hybridized carbons (Fsp3) is 0.826. The lowest BCUT2D eigenvalue weighted by atomic mass is 9.88. The maximum absolute atomic E-state index is 5.52. The summed E-state index contributed by atoms with van der Waals surface area (Å²) in [5.74, 6) is 1.48. The van der Waals surface area contributed by atoms with E-state index in [2.05, 4.69) is 54.5 Å². The minimum absolute atomic E-state index is 0.624. The second-order valence-electron chi connectivity index (χ2n) is 9.02. The molecule has 2 atom stereocenters. The van der Waals surface area contributed by atoms with Gasteiger partial charge in [0.05, 0.1) is 13.2 Å². The van der Waals surface area contributed by atoms with Gasteiger partial charge >= 0.3 is 0 Å². The van der Waals surface area contributed by atoms with Crippen LogP contribution in [0.15, 0.2) is 23.4 Å². The van der Waals surface area contributed by atoms with Crippen LogP contribution in [0.25, 0.3) is 0 Å². The van der Waals surface area contributed by atoms with Crippen LogP contribution in [0.4, 0.5) is 0 Å². The molecule has 0 amide bonds. The van der Waals surface area contributed by atoms with Crippen molar-refractivity contribution in [3.05, 3.63) is 23.4 Å². The third-order valence-corrected chi connectivity index (χ3v) is 6.72. The van der Waals surface area contributed by atoms with Gasteiger partial charge in [0, 0.05) is 51.0 Å². The highest BCUT2D eigenvalue weighted by Gasteiger charge is 2.34. The van der Waals surface area contributed by atoms with Gasteiger partial charge in [0.2, 0.25) is 0 Å². The fourth-order valence-corrected chi connectivity index (χ4v) is 4.70. The summed E-state index contributed by atoms with van der Waals surface area (Å²) in [6, 6.07) is 0.728. The van der Waals surface area contributed by atoms with Crippen molar-refractivity contribution in [3.63, 3.8) is 0 Å². The van der Waals surface area contributed by atoms with E-state index in [9.17, 15) is 0 Å². The average Bonchev–Trinajstić information content (AvgIpc) is 2.67. The normalized spacial score (nSPS) is 29.3. The molecule has 0 spiro atoms. The Balaban J connectivity index is 1.60. The molecule has 0 bridgehead atoms. The number of hydrogen-bond acceptors (Lipinski definition) is 4. The number of allylic oxidation sites excluding steroid dienone is 3. The van der Waals surface area contributed by atoms with E-state index in [0.717, 1.165) is 44.7 Å². The first kappa shape index (κ1) is 20.9. The van der Waals surface area contributed by atoms with Crippen LogP contribution in [-0.2, 0) is 4.74 Å². The first-order chi connectivity index (χ1) is 13.1. The maximum Gasteiger partial charge on any atom is 0.0594 e. The summed E-state index contributed by atoms with van der Waals surface area (Å²) in [4.78, 5) is 8.05. The van der Waals surface area contributed by atoms with Crippen LogP contribution < -0.4 is 0 Å². The van der Waals surface area contributed by atoms with E-state index in [0.29, 0.717) is 5.92 Å². The Morgan fingerprint density at radius 2 is 1.89 bits per heavy atom. The highest BCUT2D eigenvalue weighted by molar-refractivity contribution is 5.23. The third kappa shape index (κ3) is 5.82. The zero-order chi connectivity index (χ0) is 19.2. The van der Waals surface area contributed by atoms with E-state index in [1.54, 1.807) is 0 Å². The molecule has 3 fully saturated rings. The summed E-state index contributed by atoms with van der Waals surface area (Å²) in [5.41, 5.74) is 2.95. The van der Waals surface area contributed by atoms with Crippen LogP contribution in [0.3, 0.4) is 0 Å². The van der Waals surface area contributed by atoms with E-state index in [4.69, 9.17) is 4.74 Å². The Kier molecular flexibility index (Phi) is 7.80. The summed E-state index contributed by atoms with van der Waals surface area (Å²) in [6.07, 6.45) is 8.72. The topological polar surface area (TPSA) is 19.0 Å². The van der Waals surface area contributed by atoms with Crippen LogP contribution >= 0.6 is 0 Å². The summed E-state index contributed by atoms with van der Waals surface area (Å²) < 4.78 is 5.52. The summed E-state index contributed by atoms with van der Waals surface area (Å²) in [6.45, 7) is 19.4. The number of morpholine rings is 1. The zero-order valence-electron chi connectivity index (χ0n) is 18.1. The van der Waals surface area contributed by atoms with Crippen molar-refractivity contribution in [2.75, 3.05) is 59.0 Å². The van der Waals surface area contributed by atoms with Gasteiger partial charge in [-0.3, -0.25) is 9.80 Å². The second-order valence-corrected chi connectivity index (χ2v) is 9.02. The molecule has 2 unspecified atom stereocenters. The van der Waals surface area contributed by atoms with Gasteiger partial charge in [-0.25, -0.2) is 0 Å². The van der Waals surface area contributed by atoms with E-state index in [-0.39, 0.29) is 0 Å². The van der Waals surface area contributed by atoms with E-state index in [1.807, 2.05) is 0 Å². The first-order valence-electron chi connectivity index (χ1n) is 11.2. The van der Waals surface area contributed by atoms with Gasteiger partial charge in [0.25, 0.3) is 0 Å². The molecular weight excluding hydrogens is 334 g/mol. The average molecular weight is 376 g/mol. The largest absolute Gasteiger partial charge is 0.379 e. The Morgan fingerprint density at radius 1 is 1.11 bits per heavy atom. The van der Waals surface area contributed by atoms with Crippen molar-refractivity contribution < 1.29 is 4.74 Å². The van der Waals surface area contributed by atoms with Gasteiger partial charge in [0.1, 0.15) is 0 Å². The number of piperidine rings is 1. The monoisotopic (exact) mass is 375 g/mol. The van der Waals surface area contributed by atoms with Crippen LogP contribution in [0.5, 0.6) is 0 Å². The van der Waals surface area contributed by atoms with Gasteiger partial charge in [-0.1, -0.05) is 32.4 Å². The second kappa shape index (κ2) is 10.1. The number of nitrogens with zero attached hydrogens (tertiary/aromatic N) is 3. The van der Waals surface area contributed by atoms with Crippen molar-refractivity contribution in [1.82, 2.24) is 14.7 Å². The molecule has 27 heavy (non-hydrogen) atoms. The molecule has 3 aliphatic rings. The third-order valence-electron chi connectivity index (χ3n) is 6.72. The highest BCUT2D eigenvalue weighted by atomic mass is 16.5. The lowest BCUT2D eigenvalue weighted by Gasteiger charge is -2.48. The molecule has 0 radical (unpaired) electrons. The number of ether oxygens (including phenoxy) is 1. The van der Waals surface area contributed by atoms with Crippen molar-refractivity contribution in [3.8, 4) is 0 Å². The summed E-state index contributed by atoms with van der Waals surface area (Å²) >= 11 is 0. The van der Waals surface area contributed by atoms with Crippen molar-refractivity contribution >= 4 is 0 Å². The Hall–Kier alpha value is -0.840. The van der Waals surface area contributed by atoms with Gasteiger partial charge in [0.15, 0.2) is 0 Å². The van der Waals surface area contributed by atoms with Crippen LogP contribution in [0.1, 0.15) is 47.0 Å². The van der Waals surface area contributed by atoms with Crippen LogP contribution in [-0.4, -0.2) is 79.8 Å². The van der Waals surface area contributed by atoms with Gasteiger partial charge in [-0.15, -0.1) is 0 Å². The van der Waals surface area contributed by atoms with Gasteiger partial charge in [-0.05, 0) is 50.6 Å². The van der Waals surface area contributed by atoms with Crippen molar-refractivity contribution in [1.29, 1.82) is 0 Å². The number of hydrogen-bond donors (Lipinski definition) is 0. The molecule has 0 N–H and O–H groups in total. The molecule has 3 aliphatic heterocycles. The first-order valence-corrected chi connectivity index (χ1v) is 11.2. The van der Waals surface area contributed by atoms with E-state index >= 15 is 0 Å². The van der Waals surface area contributed by atoms with Crippen LogP contribution in [0, 0.1) is 11.8 Å². The molecule has 0 aliphatic carbocycles. The molecule has 154 valence electrons.